The largest absolute Gasteiger partial charge is 0.386 e. The molecule has 138 valence electrons. The number of nitrogens with one attached hydrogen (secondary N) is 2. The lowest BCUT2D eigenvalue weighted by molar-refractivity contribution is 0.187. The van der Waals surface area contributed by atoms with E-state index in [0.29, 0.717) is 17.1 Å². The molecule has 5 nitrogen and oxygen atoms in total. The molecule has 3 atom stereocenters. The van der Waals surface area contributed by atoms with Crippen molar-refractivity contribution in [3.8, 4) is 0 Å². The van der Waals surface area contributed by atoms with Gasteiger partial charge in [-0.1, -0.05) is 29.8 Å². The molecule has 0 spiro atoms. The van der Waals surface area contributed by atoms with Crippen LogP contribution in [0.15, 0.2) is 29.3 Å². The number of aliphatic hydroxyl groups is 1. The Hall–Kier alpha value is -1.30. The number of likely N-dealkylation sites (tertiary alicyclic amines) is 1. The lowest BCUT2D eigenvalue weighted by Gasteiger charge is -2.20. The summed E-state index contributed by atoms with van der Waals surface area (Å²) in [5, 5.41) is 17.8. The van der Waals surface area contributed by atoms with Crippen molar-refractivity contribution < 1.29 is 5.11 Å². The standard InChI is InChI=1S/C19H29ClN4O/c1-3-21-19(22-11-18(25)16-6-4-5-7-17(16)20)23-14-10-13(2)24(12-14)15-8-9-15/h4-7,13-15,18,25H,3,8-12H2,1-2H3,(H2,21,22,23). The molecule has 1 heterocycles. The molecule has 0 aromatic heterocycles. The second-order valence-electron chi connectivity index (χ2n) is 7.11. The maximum absolute atomic E-state index is 10.4. The van der Waals surface area contributed by atoms with Crippen molar-refractivity contribution in [1.82, 2.24) is 15.5 Å². The van der Waals surface area contributed by atoms with Gasteiger partial charge in [0.25, 0.3) is 0 Å². The summed E-state index contributed by atoms with van der Waals surface area (Å²) in [4.78, 5) is 7.18. The van der Waals surface area contributed by atoms with E-state index in [0.717, 1.165) is 37.1 Å². The van der Waals surface area contributed by atoms with Crippen LogP contribution >= 0.6 is 11.6 Å². The minimum atomic E-state index is -0.699. The monoisotopic (exact) mass is 364 g/mol. The Balaban J connectivity index is 1.58. The number of aliphatic hydroxyl groups excluding tert-OH is 1. The minimum Gasteiger partial charge on any atom is -0.386 e. The van der Waals surface area contributed by atoms with Gasteiger partial charge in [0, 0.05) is 41.8 Å². The normalized spacial score (nSPS) is 25.8. The van der Waals surface area contributed by atoms with Crippen LogP contribution in [0.4, 0.5) is 0 Å². The van der Waals surface area contributed by atoms with E-state index in [4.69, 9.17) is 11.6 Å². The smallest absolute Gasteiger partial charge is 0.191 e. The number of guanidine groups is 1. The molecule has 1 saturated carbocycles. The summed E-state index contributed by atoms with van der Waals surface area (Å²) < 4.78 is 0. The predicted molar refractivity (Wildman–Crippen MR) is 103 cm³/mol. The zero-order valence-corrected chi connectivity index (χ0v) is 15.8. The molecule has 3 rings (SSSR count). The van der Waals surface area contributed by atoms with Crippen LogP contribution in [0.2, 0.25) is 5.02 Å². The molecule has 0 amide bonds. The zero-order valence-electron chi connectivity index (χ0n) is 15.1. The summed E-state index contributed by atoms with van der Waals surface area (Å²) >= 11 is 6.16. The molecule has 3 N–H and O–H groups in total. The van der Waals surface area contributed by atoms with Crippen molar-refractivity contribution >= 4 is 17.6 Å². The fourth-order valence-corrected chi connectivity index (χ4v) is 3.87. The SMILES string of the molecule is CCNC(=NCC(O)c1ccccc1Cl)NC1CC(C)N(C2CC2)C1. The highest BCUT2D eigenvalue weighted by Gasteiger charge is 2.38. The van der Waals surface area contributed by atoms with Crippen LogP contribution in [0.25, 0.3) is 0 Å². The molecular formula is C19H29ClN4O. The molecule has 2 aliphatic rings. The Kier molecular flexibility index (Phi) is 6.20. The Labute approximate surface area is 155 Å². The quantitative estimate of drug-likeness (QED) is 0.536. The van der Waals surface area contributed by atoms with Crippen LogP contribution in [-0.4, -0.2) is 53.7 Å². The van der Waals surface area contributed by atoms with E-state index < -0.39 is 6.10 Å². The van der Waals surface area contributed by atoms with E-state index in [9.17, 15) is 5.11 Å². The fraction of sp³-hybridized carbons (Fsp3) is 0.632. The van der Waals surface area contributed by atoms with Crippen LogP contribution in [0.1, 0.15) is 44.8 Å². The van der Waals surface area contributed by atoms with Gasteiger partial charge in [-0.05, 0) is 39.2 Å². The third-order valence-electron chi connectivity index (χ3n) is 5.01. The summed E-state index contributed by atoms with van der Waals surface area (Å²) in [5.41, 5.74) is 0.721. The van der Waals surface area contributed by atoms with Crippen molar-refractivity contribution in [1.29, 1.82) is 0 Å². The van der Waals surface area contributed by atoms with Gasteiger partial charge in [-0.25, -0.2) is 0 Å². The summed E-state index contributed by atoms with van der Waals surface area (Å²) in [7, 11) is 0. The third-order valence-corrected chi connectivity index (χ3v) is 5.35. The van der Waals surface area contributed by atoms with E-state index >= 15 is 0 Å². The van der Waals surface area contributed by atoms with Crippen molar-refractivity contribution in [3.05, 3.63) is 34.9 Å². The number of halogens is 1. The first-order valence-electron chi connectivity index (χ1n) is 9.31. The Morgan fingerprint density at radius 1 is 1.40 bits per heavy atom. The van der Waals surface area contributed by atoms with Crippen LogP contribution in [0.3, 0.4) is 0 Å². The lowest BCUT2D eigenvalue weighted by atomic mass is 10.1. The highest BCUT2D eigenvalue weighted by molar-refractivity contribution is 6.31. The first kappa shape index (κ1) is 18.5. The van der Waals surface area contributed by atoms with Crippen molar-refractivity contribution in [2.45, 2.75) is 57.3 Å². The Bertz CT molecular complexity index is 605. The van der Waals surface area contributed by atoms with Crippen LogP contribution in [0, 0.1) is 0 Å². The van der Waals surface area contributed by atoms with E-state index in [1.54, 1.807) is 6.07 Å². The molecule has 6 heteroatoms. The predicted octanol–water partition coefficient (Wildman–Crippen LogP) is 2.55. The number of hydrogen-bond acceptors (Lipinski definition) is 3. The van der Waals surface area contributed by atoms with Crippen molar-refractivity contribution in [2.24, 2.45) is 4.99 Å². The average molecular weight is 365 g/mol. The van der Waals surface area contributed by atoms with Gasteiger partial charge < -0.3 is 15.7 Å². The second kappa shape index (κ2) is 8.39. The Morgan fingerprint density at radius 3 is 2.84 bits per heavy atom. The fourth-order valence-electron chi connectivity index (χ4n) is 3.61. The van der Waals surface area contributed by atoms with Gasteiger partial charge in [-0.15, -0.1) is 0 Å². The Morgan fingerprint density at radius 2 is 2.16 bits per heavy atom. The third kappa shape index (κ3) is 4.87. The zero-order chi connectivity index (χ0) is 17.8. The minimum absolute atomic E-state index is 0.285. The molecule has 1 aromatic rings. The van der Waals surface area contributed by atoms with Gasteiger partial charge in [0.15, 0.2) is 5.96 Å². The van der Waals surface area contributed by atoms with Crippen LogP contribution in [-0.2, 0) is 0 Å². The average Bonchev–Trinajstić information content (AvgIpc) is 3.36. The van der Waals surface area contributed by atoms with Crippen LogP contribution < -0.4 is 10.6 Å². The van der Waals surface area contributed by atoms with Gasteiger partial charge in [-0.2, -0.15) is 0 Å². The molecule has 25 heavy (non-hydrogen) atoms. The molecule has 3 unspecified atom stereocenters. The maximum Gasteiger partial charge on any atom is 0.191 e. The molecule has 0 radical (unpaired) electrons. The summed E-state index contributed by atoms with van der Waals surface area (Å²) in [6.07, 6.45) is 3.12. The van der Waals surface area contributed by atoms with Gasteiger partial charge in [0.1, 0.15) is 6.10 Å². The summed E-state index contributed by atoms with van der Waals surface area (Å²) in [6, 6.07) is 9.20. The molecule has 1 aliphatic heterocycles. The number of rotatable bonds is 6. The molecule has 1 aliphatic carbocycles. The van der Waals surface area contributed by atoms with Gasteiger partial charge in [0.2, 0.25) is 0 Å². The molecule has 1 saturated heterocycles. The topological polar surface area (TPSA) is 59.9 Å². The molecule has 2 fully saturated rings. The van der Waals surface area contributed by atoms with Gasteiger partial charge >= 0.3 is 0 Å². The van der Waals surface area contributed by atoms with Gasteiger partial charge in [0.05, 0.1) is 6.54 Å². The summed E-state index contributed by atoms with van der Waals surface area (Å²) in [5.74, 6) is 0.767. The first-order valence-corrected chi connectivity index (χ1v) is 9.69. The lowest BCUT2D eigenvalue weighted by Crippen LogP contribution is -2.45. The van der Waals surface area contributed by atoms with E-state index in [1.807, 2.05) is 18.2 Å². The van der Waals surface area contributed by atoms with Gasteiger partial charge in [-0.3, -0.25) is 9.89 Å². The number of hydrogen-bond donors (Lipinski definition) is 3. The molecular weight excluding hydrogens is 336 g/mol. The molecule has 1 aromatic carbocycles. The van der Waals surface area contributed by atoms with E-state index in [2.05, 4.69) is 34.4 Å². The van der Waals surface area contributed by atoms with Crippen molar-refractivity contribution in [3.63, 3.8) is 0 Å². The maximum atomic E-state index is 10.4. The highest BCUT2D eigenvalue weighted by atomic mass is 35.5. The van der Waals surface area contributed by atoms with E-state index in [1.165, 1.54) is 12.8 Å². The molecule has 0 bridgehead atoms. The first-order chi connectivity index (χ1) is 12.1. The van der Waals surface area contributed by atoms with Crippen LogP contribution in [0.5, 0.6) is 0 Å². The van der Waals surface area contributed by atoms with E-state index in [-0.39, 0.29) is 6.54 Å². The van der Waals surface area contributed by atoms with Crippen molar-refractivity contribution in [2.75, 3.05) is 19.6 Å². The second-order valence-corrected chi connectivity index (χ2v) is 7.52. The number of aliphatic imine (C=N–C) groups is 1. The summed E-state index contributed by atoms with van der Waals surface area (Å²) in [6.45, 7) is 6.51. The number of nitrogens with zero attached hydrogens (tertiary/aromatic N) is 2. The number of benzene rings is 1. The highest BCUT2D eigenvalue weighted by Crippen LogP contribution is 2.33.